The zero-order valence-electron chi connectivity index (χ0n) is 9.32. The van der Waals surface area contributed by atoms with Crippen LogP contribution in [0, 0.1) is 12.4 Å². The maximum atomic E-state index is 13.6. The van der Waals surface area contributed by atoms with E-state index < -0.39 is 5.82 Å². The fraction of sp³-hybridized carbons (Fsp3) is 0.0833. The number of aromatic nitrogens is 2. The van der Waals surface area contributed by atoms with Gasteiger partial charge in [-0.3, -0.25) is 0 Å². The largest absolute Gasteiger partial charge is 0.255 e. The Morgan fingerprint density at radius 3 is 2.67 bits per heavy atom. The van der Waals surface area contributed by atoms with Gasteiger partial charge in [-0.1, -0.05) is 23.7 Å². The minimum Gasteiger partial charge on any atom is -0.233 e. The van der Waals surface area contributed by atoms with Crippen molar-refractivity contribution in [2.75, 3.05) is 6.26 Å². The first kappa shape index (κ1) is 12.8. The minimum absolute atomic E-state index is 0.0441. The third kappa shape index (κ3) is 2.30. The molecule has 0 bridgehead atoms. The van der Waals surface area contributed by atoms with Crippen LogP contribution in [0.3, 0.4) is 0 Å². The van der Waals surface area contributed by atoms with Gasteiger partial charge in [-0.05, 0) is 18.4 Å². The average Bonchev–Trinajstić information content (AvgIpc) is 2.38. The molecule has 1 aromatic heterocycles. The van der Waals surface area contributed by atoms with Crippen LogP contribution in [-0.4, -0.2) is 16.2 Å². The van der Waals surface area contributed by atoms with Crippen molar-refractivity contribution in [2.24, 2.45) is 0 Å². The molecule has 0 unspecified atom stereocenters. The minimum atomic E-state index is -0.420. The second kappa shape index (κ2) is 5.34. The van der Waals surface area contributed by atoms with Gasteiger partial charge in [-0.25, -0.2) is 19.2 Å². The lowest BCUT2D eigenvalue weighted by molar-refractivity contribution is 0.629. The summed E-state index contributed by atoms with van der Waals surface area (Å²) in [5, 5.41) is 0.492. The summed E-state index contributed by atoms with van der Waals surface area (Å²) in [5.74, 6) is -0.231. The number of halogens is 2. The topological polar surface area (TPSA) is 30.1 Å². The molecule has 0 fully saturated rings. The molecule has 3 nitrogen and oxygen atoms in total. The lowest BCUT2D eigenvalue weighted by Gasteiger charge is -2.06. The summed E-state index contributed by atoms with van der Waals surface area (Å²) in [5.41, 5.74) is 0.468. The Morgan fingerprint density at radius 1 is 1.33 bits per heavy atom. The van der Waals surface area contributed by atoms with Crippen molar-refractivity contribution in [3.63, 3.8) is 0 Å². The van der Waals surface area contributed by atoms with Crippen molar-refractivity contribution in [1.82, 2.24) is 9.97 Å². The Balaban J connectivity index is 2.65. The van der Waals surface area contributed by atoms with E-state index in [1.54, 1.807) is 24.5 Å². The SMILES string of the molecule is [C-]#[N+]c1c(Cl)nc(-c2ccccc2F)nc1SC. The number of rotatable bonds is 2. The fourth-order valence-corrected chi connectivity index (χ4v) is 2.19. The highest BCUT2D eigenvalue weighted by Gasteiger charge is 2.15. The number of thioether (sulfide) groups is 1. The molecule has 0 aliphatic rings. The lowest BCUT2D eigenvalue weighted by Crippen LogP contribution is -1.94. The molecule has 0 saturated heterocycles. The Labute approximate surface area is 113 Å². The van der Waals surface area contributed by atoms with Gasteiger partial charge in [-0.15, -0.1) is 11.8 Å². The molecule has 2 rings (SSSR count). The third-order valence-electron chi connectivity index (χ3n) is 2.23. The summed E-state index contributed by atoms with van der Waals surface area (Å²) in [7, 11) is 0. The van der Waals surface area contributed by atoms with E-state index in [-0.39, 0.29) is 22.2 Å². The first-order valence-corrected chi connectivity index (χ1v) is 6.51. The molecule has 0 atom stereocenters. The number of hydrogen-bond acceptors (Lipinski definition) is 3. The van der Waals surface area contributed by atoms with E-state index in [1.807, 2.05) is 0 Å². The highest BCUT2D eigenvalue weighted by atomic mass is 35.5. The normalized spacial score (nSPS) is 10.1. The predicted molar refractivity (Wildman–Crippen MR) is 70.5 cm³/mol. The van der Waals surface area contributed by atoms with Crippen LogP contribution in [0.25, 0.3) is 16.2 Å². The van der Waals surface area contributed by atoms with Crippen LogP contribution in [0.4, 0.5) is 10.1 Å². The van der Waals surface area contributed by atoms with Gasteiger partial charge in [0.2, 0.25) is 0 Å². The molecule has 1 aromatic carbocycles. The molecule has 0 amide bonds. The van der Waals surface area contributed by atoms with Gasteiger partial charge in [-0.2, -0.15) is 0 Å². The summed E-state index contributed by atoms with van der Waals surface area (Å²) < 4.78 is 13.6. The van der Waals surface area contributed by atoms with E-state index in [0.29, 0.717) is 5.03 Å². The van der Waals surface area contributed by atoms with E-state index >= 15 is 0 Å². The van der Waals surface area contributed by atoms with Crippen molar-refractivity contribution in [1.29, 1.82) is 0 Å². The fourth-order valence-electron chi connectivity index (χ4n) is 1.41. The predicted octanol–water partition coefficient (Wildman–Crippen LogP) is 4.21. The first-order valence-electron chi connectivity index (χ1n) is 4.91. The van der Waals surface area contributed by atoms with Gasteiger partial charge >= 0.3 is 0 Å². The van der Waals surface area contributed by atoms with Crippen molar-refractivity contribution in [3.8, 4) is 11.4 Å². The van der Waals surface area contributed by atoms with Gasteiger partial charge in [0.05, 0.1) is 12.1 Å². The molecule has 1 heterocycles. The Morgan fingerprint density at radius 2 is 2.06 bits per heavy atom. The first-order chi connectivity index (χ1) is 8.67. The highest BCUT2D eigenvalue weighted by molar-refractivity contribution is 7.98. The van der Waals surface area contributed by atoms with Gasteiger partial charge in [0, 0.05) is 0 Å². The van der Waals surface area contributed by atoms with Crippen LogP contribution < -0.4 is 0 Å². The summed E-state index contributed by atoms with van der Waals surface area (Å²) in [4.78, 5) is 11.4. The van der Waals surface area contributed by atoms with Gasteiger partial charge in [0.25, 0.3) is 5.69 Å². The van der Waals surface area contributed by atoms with E-state index in [0.717, 1.165) is 0 Å². The van der Waals surface area contributed by atoms with Crippen molar-refractivity contribution in [2.45, 2.75) is 5.03 Å². The summed E-state index contributed by atoms with van der Waals surface area (Å²) in [6.07, 6.45) is 1.78. The molecule has 2 aromatic rings. The Kier molecular flexibility index (Phi) is 3.80. The monoisotopic (exact) mass is 279 g/mol. The van der Waals surface area contributed by atoms with Crippen LogP contribution in [0.1, 0.15) is 0 Å². The lowest BCUT2D eigenvalue weighted by atomic mass is 10.2. The van der Waals surface area contributed by atoms with Crippen LogP contribution >= 0.6 is 23.4 Å². The van der Waals surface area contributed by atoms with E-state index in [1.165, 1.54) is 17.8 Å². The molecule has 0 spiro atoms. The molecule has 6 heteroatoms. The van der Waals surface area contributed by atoms with E-state index in [2.05, 4.69) is 14.8 Å². The number of hydrogen-bond donors (Lipinski definition) is 0. The number of nitrogens with zero attached hydrogens (tertiary/aromatic N) is 3. The standard InChI is InChI=1S/C12H7ClFN3S/c1-15-9-10(13)16-11(17-12(9)18-2)7-5-3-4-6-8(7)14/h3-6H,2H3. The molecule has 18 heavy (non-hydrogen) atoms. The molecule has 0 saturated carbocycles. The Bertz CT molecular complexity index is 640. The summed E-state index contributed by atoms with van der Waals surface area (Å²) in [6, 6.07) is 6.18. The maximum absolute atomic E-state index is 13.6. The van der Waals surface area contributed by atoms with Gasteiger partial charge < -0.3 is 0 Å². The molecular formula is C12H7ClFN3S. The zero-order valence-corrected chi connectivity index (χ0v) is 10.9. The van der Waals surface area contributed by atoms with Crippen LogP contribution in [0.2, 0.25) is 5.15 Å². The zero-order chi connectivity index (χ0) is 13.1. The maximum Gasteiger partial charge on any atom is 0.255 e. The molecule has 0 aliphatic carbocycles. The molecule has 0 aliphatic heterocycles. The molecule has 0 radical (unpaired) electrons. The van der Waals surface area contributed by atoms with Crippen LogP contribution in [0.15, 0.2) is 29.3 Å². The molecular weight excluding hydrogens is 273 g/mol. The van der Waals surface area contributed by atoms with Crippen molar-refractivity contribution in [3.05, 3.63) is 46.7 Å². The summed E-state index contributed by atoms with van der Waals surface area (Å²) in [6.45, 7) is 7.02. The average molecular weight is 280 g/mol. The van der Waals surface area contributed by atoms with Crippen molar-refractivity contribution >= 4 is 29.1 Å². The third-order valence-corrected chi connectivity index (χ3v) is 3.16. The second-order valence-electron chi connectivity index (χ2n) is 3.29. The second-order valence-corrected chi connectivity index (χ2v) is 4.44. The Hall–Kier alpha value is -1.64. The van der Waals surface area contributed by atoms with Crippen LogP contribution in [0.5, 0.6) is 0 Å². The smallest absolute Gasteiger partial charge is 0.233 e. The quantitative estimate of drug-likeness (QED) is 0.469. The van der Waals surface area contributed by atoms with Crippen molar-refractivity contribution < 1.29 is 4.39 Å². The summed E-state index contributed by atoms with van der Waals surface area (Å²) >= 11 is 7.19. The highest BCUT2D eigenvalue weighted by Crippen LogP contribution is 2.34. The molecule has 0 N–H and O–H groups in total. The van der Waals surface area contributed by atoms with Crippen LogP contribution in [-0.2, 0) is 0 Å². The van der Waals surface area contributed by atoms with Gasteiger partial charge in [0.15, 0.2) is 5.82 Å². The number of benzene rings is 1. The van der Waals surface area contributed by atoms with Gasteiger partial charge in [0.1, 0.15) is 16.0 Å². The van der Waals surface area contributed by atoms with E-state index in [9.17, 15) is 4.39 Å². The molecule has 90 valence electrons. The van der Waals surface area contributed by atoms with E-state index in [4.69, 9.17) is 18.2 Å².